The summed E-state index contributed by atoms with van der Waals surface area (Å²) in [4.78, 5) is 23.9. The zero-order valence-corrected chi connectivity index (χ0v) is 14.9. The van der Waals surface area contributed by atoms with Gasteiger partial charge in [-0.1, -0.05) is 0 Å². The predicted molar refractivity (Wildman–Crippen MR) is 84.7 cm³/mol. The van der Waals surface area contributed by atoms with Crippen LogP contribution in [0.3, 0.4) is 0 Å². The second-order valence-electron chi connectivity index (χ2n) is 5.14. The molecule has 0 heterocycles. The van der Waals surface area contributed by atoms with Crippen molar-refractivity contribution in [1.82, 2.24) is 0 Å². The van der Waals surface area contributed by atoms with Crippen LogP contribution in [0.25, 0.3) is 0 Å². The highest BCUT2D eigenvalue weighted by atomic mass is 19.4. The van der Waals surface area contributed by atoms with Crippen LogP contribution < -0.4 is 10.1 Å². The number of methoxy groups -OCH3 is 2. The number of benzene rings is 1. The molecule has 0 spiro atoms. The normalized spacial score (nSPS) is 11.3. The van der Waals surface area contributed by atoms with Gasteiger partial charge in [-0.25, -0.2) is 9.59 Å². The fraction of sp³-hybridized carbons (Fsp3) is 0.375. The molecule has 1 N–H and O–H groups in total. The first-order valence-corrected chi connectivity index (χ1v) is 7.53. The number of anilines is 1. The number of ether oxygens (including phenoxy) is 4. The van der Waals surface area contributed by atoms with Gasteiger partial charge in [-0.15, -0.1) is 0 Å². The first-order valence-electron chi connectivity index (χ1n) is 7.53. The van der Waals surface area contributed by atoms with Crippen LogP contribution in [0.2, 0.25) is 0 Å². The van der Waals surface area contributed by atoms with E-state index in [1.165, 1.54) is 31.4 Å². The quantitative estimate of drug-likeness (QED) is 0.169. The van der Waals surface area contributed by atoms with Crippen molar-refractivity contribution in [3.05, 3.63) is 35.7 Å². The van der Waals surface area contributed by atoms with E-state index in [-0.39, 0.29) is 5.69 Å². The highest BCUT2D eigenvalue weighted by molar-refractivity contribution is 6.14. The number of carbonyl (C=O) groups excluding carboxylic acids is 2. The molecule has 0 unspecified atom stereocenters. The van der Waals surface area contributed by atoms with E-state index in [0.717, 1.165) is 7.11 Å². The lowest BCUT2D eigenvalue weighted by Gasteiger charge is -2.16. The second-order valence-corrected chi connectivity index (χ2v) is 5.14. The second kappa shape index (κ2) is 9.89. The van der Waals surface area contributed by atoms with Crippen molar-refractivity contribution in [1.29, 1.82) is 0 Å². The number of hydrogen-bond donors (Lipinski definition) is 1. The summed E-state index contributed by atoms with van der Waals surface area (Å²) < 4.78 is 91.2. The highest BCUT2D eigenvalue weighted by Crippen LogP contribution is 2.22. The predicted octanol–water partition coefficient (Wildman–Crippen LogP) is 3.18. The third kappa shape index (κ3) is 8.62. The summed E-state index contributed by atoms with van der Waals surface area (Å²) in [5, 5.41) is 2.37. The third-order valence-corrected chi connectivity index (χ3v) is 2.92. The first-order chi connectivity index (χ1) is 13.4. The summed E-state index contributed by atoms with van der Waals surface area (Å²) in [5.74, 6) is -4.15. The van der Waals surface area contributed by atoms with E-state index >= 15 is 0 Å². The molecule has 0 aliphatic rings. The van der Waals surface area contributed by atoms with Crippen LogP contribution in [-0.2, 0) is 23.8 Å². The van der Waals surface area contributed by atoms with Crippen molar-refractivity contribution in [3.8, 4) is 5.75 Å². The molecule has 1 rings (SSSR count). The maximum Gasteiger partial charge on any atom is 0.422 e. The zero-order valence-electron chi connectivity index (χ0n) is 14.9. The van der Waals surface area contributed by atoms with Crippen LogP contribution in [0.4, 0.5) is 32.0 Å². The van der Waals surface area contributed by atoms with Gasteiger partial charge in [-0.2, -0.15) is 26.3 Å². The average molecular weight is 431 g/mol. The minimum Gasteiger partial charge on any atom is -0.497 e. The molecule has 0 aromatic heterocycles. The van der Waals surface area contributed by atoms with Crippen LogP contribution in [-0.4, -0.2) is 51.7 Å². The molecule has 0 radical (unpaired) electrons. The molecule has 0 saturated heterocycles. The van der Waals surface area contributed by atoms with Crippen molar-refractivity contribution >= 4 is 17.6 Å². The monoisotopic (exact) mass is 431 g/mol. The van der Waals surface area contributed by atoms with Gasteiger partial charge >= 0.3 is 24.3 Å². The number of carbonyl (C=O) groups is 2. The van der Waals surface area contributed by atoms with Gasteiger partial charge in [0.2, 0.25) is 11.5 Å². The lowest BCUT2D eigenvalue weighted by atomic mass is 10.2. The number of esters is 2. The fourth-order valence-electron chi connectivity index (χ4n) is 1.73. The van der Waals surface area contributed by atoms with E-state index < -0.39 is 49.0 Å². The molecule has 162 valence electrons. The standard InChI is InChI=1S/C16H15F6NO6/c1-26-10-5-3-9(4-6-10)23-12(27-2)11(13(24)28-7-15(17,18)19)14(25)29-8-16(20,21)22/h3-6,23H,7-8H2,1-2H3. The van der Waals surface area contributed by atoms with Crippen molar-refractivity contribution in [2.75, 3.05) is 32.8 Å². The van der Waals surface area contributed by atoms with E-state index in [9.17, 15) is 35.9 Å². The Morgan fingerprint density at radius 2 is 1.31 bits per heavy atom. The Morgan fingerprint density at radius 3 is 1.66 bits per heavy atom. The lowest BCUT2D eigenvalue weighted by molar-refractivity contribution is -0.189. The molecule has 0 aliphatic heterocycles. The third-order valence-electron chi connectivity index (χ3n) is 2.92. The average Bonchev–Trinajstić information content (AvgIpc) is 2.63. The summed E-state index contributed by atoms with van der Waals surface area (Å²) in [6.45, 7) is -4.16. The number of rotatable bonds is 8. The first kappa shape index (κ1) is 23.9. The van der Waals surface area contributed by atoms with Crippen molar-refractivity contribution < 1.29 is 54.9 Å². The van der Waals surface area contributed by atoms with Gasteiger partial charge in [-0.05, 0) is 24.3 Å². The summed E-state index contributed by atoms with van der Waals surface area (Å²) in [5.41, 5.74) is -1.16. The largest absolute Gasteiger partial charge is 0.497 e. The SMILES string of the molecule is COC(Nc1ccc(OC)cc1)=C(C(=O)OCC(F)(F)F)C(=O)OCC(F)(F)F. The van der Waals surface area contributed by atoms with Crippen LogP contribution in [0, 0.1) is 0 Å². The molecule has 29 heavy (non-hydrogen) atoms. The molecule has 7 nitrogen and oxygen atoms in total. The van der Waals surface area contributed by atoms with E-state index in [1.807, 2.05) is 0 Å². The van der Waals surface area contributed by atoms with Gasteiger partial charge in [0.25, 0.3) is 0 Å². The molecule has 0 aliphatic carbocycles. The van der Waals surface area contributed by atoms with Gasteiger partial charge in [0.1, 0.15) is 5.75 Å². The van der Waals surface area contributed by atoms with Crippen LogP contribution in [0.15, 0.2) is 35.7 Å². The van der Waals surface area contributed by atoms with E-state index in [2.05, 4.69) is 14.8 Å². The summed E-state index contributed by atoms with van der Waals surface area (Å²) in [6, 6.07) is 5.63. The van der Waals surface area contributed by atoms with E-state index in [0.29, 0.717) is 5.75 Å². The van der Waals surface area contributed by atoms with Crippen LogP contribution >= 0.6 is 0 Å². The van der Waals surface area contributed by atoms with Crippen LogP contribution in [0.5, 0.6) is 5.75 Å². The van der Waals surface area contributed by atoms with Gasteiger partial charge < -0.3 is 24.3 Å². The van der Waals surface area contributed by atoms with Gasteiger partial charge in [-0.3, -0.25) is 0 Å². The molecular formula is C16H15F6NO6. The molecule has 1 aromatic carbocycles. The Labute approximate surface area is 160 Å². The van der Waals surface area contributed by atoms with Crippen molar-refractivity contribution in [2.45, 2.75) is 12.4 Å². The molecule has 1 aromatic rings. The van der Waals surface area contributed by atoms with E-state index in [4.69, 9.17) is 9.47 Å². The van der Waals surface area contributed by atoms with E-state index in [1.54, 1.807) is 0 Å². The molecule has 0 atom stereocenters. The number of nitrogens with one attached hydrogen (secondary N) is 1. The van der Waals surface area contributed by atoms with Gasteiger partial charge in [0, 0.05) is 5.69 Å². The fourth-order valence-corrected chi connectivity index (χ4v) is 1.73. The minimum atomic E-state index is -4.94. The number of halogens is 6. The Balaban J connectivity index is 3.20. The highest BCUT2D eigenvalue weighted by Gasteiger charge is 2.36. The zero-order chi connectivity index (χ0) is 22.2. The topological polar surface area (TPSA) is 83.1 Å². The van der Waals surface area contributed by atoms with Gasteiger partial charge in [0.05, 0.1) is 14.2 Å². The summed E-state index contributed by atoms with van der Waals surface area (Å²) in [6.07, 6.45) is -9.87. The molecule has 0 fully saturated rings. The molecule has 0 bridgehead atoms. The summed E-state index contributed by atoms with van der Waals surface area (Å²) in [7, 11) is 2.30. The Bertz CT molecular complexity index is 710. The lowest BCUT2D eigenvalue weighted by Crippen LogP contribution is -2.29. The Kier molecular flexibility index (Phi) is 8.16. The van der Waals surface area contributed by atoms with Crippen molar-refractivity contribution in [3.63, 3.8) is 0 Å². The number of alkyl halides is 6. The molecule has 0 amide bonds. The Morgan fingerprint density at radius 1 is 0.862 bits per heavy atom. The maximum absolute atomic E-state index is 12.3. The summed E-state index contributed by atoms with van der Waals surface area (Å²) >= 11 is 0. The molecule has 0 saturated carbocycles. The van der Waals surface area contributed by atoms with Gasteiger partial charge in [0.15, 0.2) is 13.2 Å². The molecule has 13 heteroatoms. The Hall–Kier alpha value is -3.12. The smallest absolute Gasteiger partial charge is 0.422 e. The van der Waals surface area contributed by atoms with Crippen molar-refractivity contribution in [2.24, 2.45) is 0 Å². The number of hydrogen-bond acceptors (Lipinski definition) is 7. The molecular weight excluding hydrogens is 416 g/mol. The van der Waals surface area contributed by atoms with Crippen LogP contribution in [0.1, 0.15) is 0 Å². The maximum atomic E-state index is 12.3. The minimum absolute atomic E-state index is 0.160.